The number of carbonyl (C=O) groups excluding carboxylic acids is 1. The van der Waals surface area contributed by atoms with Crippen LogP contribution in [0.15, 0.2) is 30.3 Å². The summed E-state index contributed by atoms with van der Waals surface area (Å²) >= 11 is 0. The third kappa shape index (κ3) is 9.25. The Morgan fingerprint density at radius 1 is 1.19 bits per heavy atom. The zero-order valence-corrected chi connectivity index (χ0v) is 17.4. The minimum atomic E-state index is -0.440. The molecular weight excluding hydrogens is 340 g/mol. The van der Waals surface area contributed by atoms with Gasteiger partial charge in [0.15, 0.2) is 0 Å². The predicted molar refractivity (Wildman–Crippen MR) is 109 cm³/mol. The second-order valence-electron chi connectivity index (χ2n) is 8.53. The Balaban J connectivity index is 1.60. The summed E-state index contributed by atoms with van der Waals surface area (Å²) in [6.45, 7) is 11.4. The van der Waals surface area contributed by atoms with E-state index in [1.807, 2.05) is 20.8 Å². The maximum atomic E-state index is 11.6. The lowest BCUT2D eigenvalue weighted by Crippen LogP contribution is -2.46. The zero-order valence-electron chi connectivity index (χ0n) is 17.4. The molecule has 5 heteroatoms. The Labute approximate surface area is 164 Å². The molecule has 0 radical (unpaired) electrons. The monoisotopic (exact) mass is 376 g/mol. The van der Waals surface area contributed by atoms with Crippen LogP contribution in [-0.4, -0.2) is 48.4 Å². The second-order valence-corrected chi connectivity index (χ2v) is 8.53. The van der Waals surface area contributed by atoms with Crippen molar-refractivity contribution in [2.45, 2.75) is 77.7 Å². The minimum Gasteiger partial charge on any atom is -0.444 e. The highest BCUT2D eigenvalue weighted by Crippen LogP contribution is 2.18. The van der Waals surface area contributed by atoms with Crippen LogP contribution in [0.1, 0.15) is 58.9 Å². The van der Waals surface area contributed by atoms with Crippen molar-refractivity contribution in [1.82, 2.24) is 10.2 Å². The van der Waals surface area contributed by atoms with E-state index < -0.39 is 5.60 Å². The number of hydrogen-bond donors (Lipinski definition) is 1. The molecule has 1 heterocycles. The van der Waals surface area contributed by atoms with Crippen molar-refractivity contribution in [3.8, 4) is 0 Å². The third-order valence-electron chi connectivity index (χ3n) is 4.52. The summed E-state index contributed by atoms with van der Waals surface area (Å²) in [5.74, 6) is 0. The molecule has 1 aromatic carbocycles. The molecule has 5 nitrogen and oxygen atoms in total. The van der Waals surface area contributed by atoms with Crippen molar-refractivity contribution in [3.63, 3.8) is 0 Å². The van der Waals surface area contributed by atoms with Gasteiger partial charge in [0.2, 0.25) is 0 Å². The van der Waals surface area contributed by atoms with Gasteiger partial charge >= 0.3 is 6.09 Å². The Morgan fingerprint density at radius 3 is 2.63 bits per heavy atom. The van der Waals surface area contributed by atoms with Gasteiger partial charge in [0, 0.05) is 26.2 Å². The molecule has 2 atom stereocenters. The first-order chi connectivity index (χ1) is 12.8. The lowest BCUT2D eigenvalue weighted by Gasteiger charge is -2.37. The van der Waals surface area contributed by atoms with Crippen LogP contribution in [0, 0.1) is 0 Å². The highest BCUT2D eigenvalue weighted by molar-refractivity contribution is 5.67. The number of rotatable bonds is 8. The van der Waals surface area contributed by atoms with Gasteiger partial charge in [0.05, 0.1) is 12.2 Å². The van der Waals surface area contributed by atoms with E-state index in [9.17, 15) is 4.79 Å². The lowest BCUT2D eigenvalue weighted by atomic mass is 10.1. The number of ether oxygens (including phenoxy) is 2. The first kappa shape index (κ1) is 21.7. The number of nitrogens with zero attached hydrogens (tertiary/aromatic N) is 1. The fourth-order valence-corrected chi connectivity index (χ4v) is 3.45. The molecule has 1 aromatic rings. The molecule has 0 saturated carbocycles. The molecule has 0 aromatic heterocycles. The number of hydrogen-bond acceptors (Lipinski definition) is 4. The zero-order chi connectivity index (χ0) is 19.7. The van der Waals surface area contributed by atoms with Gasteiger partial charge < -0.3 is 14.8 Å². The van der Waals surface area contributed by atoms with Crippen molar-refractivity contribution in [1.29, 1.82) is 0 Å². The van der Waals surface area contributed by atoms with Crippen LogP contribution in [0.2, 0.25) is 0 Å². The quantitative estimate of drug-likeness (QED) is 0.685. The van der Waals surface area contributed by atoms with E-state index in [0.717, 1.165) is 45.3 Å². The maximum Gasteiger partial charge on any atom is 0.407 e. The number of carbonyl (C=O) groups is 1. The molecule has 1 amide bonds. The van der Waals surface area contributed by atoms with Gasteiger partial charge in [0.25, 0.3) is 0 Å². The molecule has 1 N–H and O–H groups in total. The van der Waals surface area contributed by atoms with Crippen LogP contribution < -0.4 is 5.32 Å². The van der Waals surface area contributed by atoms with Crippen molar-refractivity contribution in [2.75, 3.05) is 19.6 Å². The fraction of sp³-hybridized carbons (Fsp3) is 0.682. The summed E-state index contributed by atoms with van der Waals surface area (Å²) in [4.78, 5) is 14.1. The molecule has 0 bridgehead atoms. The number of amides is 1. The van der Waals surface area contributed by atoms with Gasteiger partial charge in [0.1, 0.15) is 5.60 Å². The van der Waals surface area contributed by atoms with E-state index in [1.165, 1.54) is 5.56 Å². The van der Waals surface area contributed by atoms with Crippen LogP contribution in [0.3, 0.4) is 0 Å². The van der Waals surface area contributed by atoms with Gasteiger partial charge in [-0.15, -0.1) is 0 Å². The van der Waals surface area contributed by atoms with E-state index in [1.54, 1.807) is 0 Å². The van der Waals surface area contributed by atoms with Crippen molar-refractivity contribution < 1.29 is 14.3 Å². The van der Waals surface area contributed by atoms with Crippen LogP contribution in [0.4, 0.5) is 4.79 Å². The number of nitrogens with one attached hydrogen (secondary N) is 1. The van der Waals surface area contributed by atoms with Crippen molar-refractivity contribution >= 4 is 6.09 Å². The van der Waals surface area contributed by atoms with Gasteiger partial charge in [-0.3, -0.25) is 4.90 Å². The molecular formula is C22H36N2O3. The van der Waals surface area contributed by atoms with Crippen LogP contribution in [0.5, 0.6) is 0 Å². The minimum absolute atomic E-state index is 0.279. The molecule has 1 aliphatic rings. The summed E-state index contributed by atoms with van der Waals surface area (Å²) in [7, 11) is 0. The topological polar surface area (TPSA) is 50.8 Å². The summed E-state index contributed by atoms with van der Waals surface area (Å²) in [6, 6.07) is 10.6. The SMILES string of the molecule is C[C@@H]1CN(Cc2ccccc2)C[C@H](CCCCCNC(=O)OC(C)(C)C)O1. The Bertz CT molecular complexity index is 556. The van der Waals surface area contributed by atoms with Gasteiger partial charge in [-0.05, 0) is 46.1 Å². The largest absolute Gasteiger partial charge is 0.444 e. The summed E-state index contributed by atoms with van der Waals surface area (Å²) in [5, 5.41) is 2.82. The third-order valence-corrected chi connectivity index (χ3v) is 4.52. The first-order valence-electron chi connectivity index (χ1n) is 10.2. The van der Waals surface area contributed by atoms with Crippen molar-refractivity contribution in [2.24, 2.45) is 0 Å². The first-order valence-corrected chi connectivity index (χ1v) is 10.2. The Hall–Kier alpha value is -1.59. The molecule has 1 fully saturated rings. The van der Waals surface area contributed by atoms with Crippen LogP contribution in [0.25, 0.3) is 0 Å². The molecule has 27 heavy (non-hydrogen) atoms. The fourth-order valence-electron chi connectivity index (χ4n) is 3.45. The molecule has 0 spiro atoms. The number of unbranched alkanes of at least 4 members (excludes halogenated alkanes) is 2. The summed E-state index contributed by atoms with van der Waals surface area (Å²) in [6.07, 6.45) is 4.49. The molecule has 1 aliphatic heterocycles. The Morgan fingerprint density at radius 2 is 1.93 bits per heavy atom. The molecule has 0 unspecified atom stereocenters. The molecule has 0 aliphatic carbocycles. The van der Waals surface area contributed by atoms with Crippen molar-refractivity contribution in [3.05, 3.63) is 35.9 Å². The highest BCUT2D eigenvalue weighted by Gasteiger charge is 2.24. The van der Waals surface area contributed by atoms with E-state index in [4.69, 9.17) is 9.47 Å². The number of benzene rings is 1. The van der Waals surface area contributed by atoms with E-state index >= 15 is 0 Å². The smallest absolute Gasteiger partial charge is 0.407 e. The molecule has 152 valence electrons. The van der Waals surface area contributed by atoms with E-state index in [2.05, 4.69) is 47.5 Å². The average Bonchev–Trinajstić information content (AvgIpc) is 2.57. The van der Waals surface area contributed by atoms with Gasteiger partial charge in [-0.2, -0.15) is 0 Å². The van der Waals surface area contributed by atoms with E-state index in [-0.39, 0.29) is 12.2 Å². The molecule has 1 saturated heterocycles. The highest BCUT2D eigenvalue weighted by atomic mass is 16.6. The number of alkyl carbamates (subject to hydrolysis) is 1. The van der Waals surface area contributed by atoms with E-state index in [0.29, 0.717) is 12.6 Å². The van der Waals surface area contributed by atoms with Crippen LogP contribution in [-0.2, 0) is 16.0 Å². The number of morpholine rings is 1. The summed E-state index contributed by atoms with van der Waals surface area (Å²) < 4.78 is 11.4. The maximum absolute atomic E-state index is 11.6. The molecule has 2 rings (SSSR count). The summed E-state index contributed by atoms with van der Waals surface area (Å²) in [5.41, 5.74) is 0.920. The standard InChI is InChI=1S/C22H36N2O3/c1-18-15-24(16-19-11-7-5-8-12-19)17-20(26-18)13-9-6-10-14-23-21(25)27-22(2,3)4/h5,7-8,11-12,18,20H,6,9-10,13-17H2,1-4H3,(H,23,25)/t18-,20+/m1/s1. The van der Waals surface area contributed by atoms with Gasteiger partial charge in [-0.25, -0.2) is 4.79 Å². The van der Waals surface area contributed by atoms with Gasteiger partial charge in [-0.1, -0.05) is 43.2 Å². The second kappa shape index (κ2) is 10.7. The predicted octanol–water partition coefficient (Wildman–Crippen LogP) is 4.36. The normalized spacial score (nSPS) is 21.0. The van der Waals surface area contributed by atoms with Crippen LogP contribution >= 0.6 is 0 Å². The average molecular weight is 377 g/mol. The Kier molecular flexibility index (Phi) is 8.58. The lowest BCUT2D eigenvalue weighted by molar-refractivity contribution is -0.0827.